The lowest BCUT2D eigenvalue weighted by atomic mass is 9.97. The van der Waals surface area contributed by atoms with Crippen LogP contribution in [0.2, 0.25) is 0 Å². The summed E-state index contributed by atoms with van der Waals surface area (Å²) in [6.45, 7) is 3.28. The van der Waals surface area contributed by atoms with Crippen molar-refractivity contribution in [2.24, 2.45) is 0 Å². The van der Waals surface area contributed by atoms with Crippen molar-refractivity contribution < 1.29 is 13.9 Å². The topological polar surface area (TPSA) is 35.5 Å². The number of nitrogens with zero attached hydrogens (tertiary/aromatic N) is 1. The molecule has 2 rings (SSSR count). The van der Waals surface area contributed by atoms with E-state index in [0.29, 0.717) is 31.7 Å². The van der Waals surface area contributed by atoms with Crippen LogP contribution < -0.4 is 5.32 Å². The molecule has 0 aliphatic carbocycles. The number of halogens is 2. The Kier molecular flexibility index (Phi) is 4.50. The molecule has 0 spiro atoms. The van der Waals surface area contributed by atoms with E-state index in [4.69, 9.17) is 5.11 Å². The average Bonchev–Trinajstić information content (AvgIpc) is 2.40. The molecule has 2 N–H and O–H groups in total. The Bertz CT molecular complexity index is 420. The fraction of sp³-hybridized carbons (Fsp3) is 0.571. The van der Waals surface area contributed by atoms with E-state index in [9.17, 15) is 8.78 Å². The van der Waals surface area contributed by atoms with E-state index in [-0.39, 0.29) is 0 Å². The van der Waals surface area contributed by atoms with Gasteiger partial charge in [-0.05, 0) is 12.5 Å². The van der Waals surface area contributed by atoms with Crippen LogP contribution in [0.4, 0.5) is 8.78 Å². The standard InChI is InChI=1S/C14H20F2N2O/c1-11-3-2-4-12(9-11)13(14(15,16)10-19)18-7-5-17-6-8-18/h2-4,9,13,17,19H,5-8,10H2,1H3/t13-/m0/s1. The van der Waals surface area contributed by atoms with Crippen molar-refractivity contribution in [3.63, 3.8) is 0 Å². The minimum absolute atomic E-state index is 0.564. The predicted molar refractivity (Wildman–Crippen MR) is 70.4 cm³/mol. The fourth-order valence-electron chi connectivity index (χ4n) is 2.59. The first-order valence-corrected chi connectivity index (χ1v) is 6.54. The van der Waals surface area contributed by atoms with Crippen molar-refractivity contribution in [3.05, 3.63) is 35.4 Å². The van der Waals surface area contributed by atoms with Crippen LogP contribution in [0.25, 0.3) is 0 Å². The van der Waals surface area contributed by atoms with Crippen LogP contribution in [-0.2, 0) is 0 Å². The van der Waals surface area contributed by atoms with Gasteiger partial charge in [0.25, 0.3) is 5.92 Å². The van der Waals surface area contributed by atoms with Gasteiger partial charge in [0.05, 0.1) is 0 Å². The second kappa shape index (κ2) is 5.94. The van der Waals surface area contributed by atoms with Crippen LogP contribution >= 0.6 is 0 Å². The van der Waals surface area contributed by atoms with Gasteiger partial charge in [-0.1, -0.05) is 29.8 Å². The van der Waals surface area contributed by atoms with Gasteiger partial charge in [0.15, 0.2) is 0 Å². The fourth-order valence-corrected chi connectivity index (χ4v) is 2.59. The molecule has 0 unspecified atom stereocenters. The molecule has 1 saturated heterocycles. The molecular formula is C14H20F2N2O. The number of alkyl halides is 2. The molecule has 106 valence electrons. The maximum absolute atomic E-state index is 14.1. The summed E-state index contributed by atoms with van der Waals surface area (Å²) in [5, 5.41) is 12.2. The van der Waals surface area contributed by atoms with Crippen molar-refractivity contribution >= 4 is 0 Å². The van der Waals surface area contributed by atoms with Crippen molar-refractivity contribution in [1.82, 2.24) is 10.2 Å². The summed E-state index contributed by atoms with van der Waals surface area (Å²) in [4.78, 5) is 1.75. The number of piperazine rings is 1. The number of hydrogen-bond donors (Lipinski definition) is 2. The van der Waals surface area contributed by atoms with E-state index in [1.165, 1.54) is 0 Å². The molecule has 1 aliphatic rings. The van der Waals surface area contributed by atoms with Crippen LogP contribution in [0, 0.1) is 6.92 Å². The van der Waals surface area contributed by atoms with Gasteiger partial charge in [-0.25, -0.2) is 8.78 Å². The molecule has 0 radical (unpaired) electrons. The molecule has 0 amide bonds. The van der Waals surface area contributed by atoms with E-state index in [0.717, 1.165) is 5.56 Å². The van der Waals surface area contributed by atoms with E-state index in [1.807, 2.05) is 13.0 Å². The van der Waals surface area contributed by atoms with Crippen LogP contribution in [0.3, 0.4) is 0 Å². The van der Waals surface area contributed by atoms with Crippen LogP contribution in [0.5, 0.6) is 0 Å². The lowest BCUT2D eigenvalue weighted by Crippen LogP contribution is -2.51. The highest BCUT2D eigenvalue weighted by atomic mass is 19.3. The van der Waals surface area contributed by atoms with Gasteiger partial charge in [-0.3, -0.25) is 4.90 Å². The number of aliphatic hydroxyl groups excluding tert-OH is 1. The lowest BCUT2D eigenvalue weighted by Gasteiger charge is -2.38. The predicted octanol–water partition coefficient (Wildman–Crippen LogP) is 1.57. The molecule has 0 saturated carbocycles. The van der Waals surface area contributed by atoms with Gasteiger partial charge in [0.1, 0.15) is 12.6 Å². The Morgan fingerprint density at radius 2 is 2.05 bits per heavy atom. The number of nitrogens with one attached hydrogen (secondary N) is 1. The third-order valence-corrected chi connectivity index (χ3v) is 3.49. The zero-order chi connectivity index (χ0) is 13.9. The Balaban J connectivity index is 2.33. The molecule has 1 aliphatic heterocycles. The zero-order valence-electron chi connectivity index (χ0n) is 11.1. The summed E-state index contributed by atoms with van der Waals surface area (Å²) in [6, 6.07) is 6.10. The van der Waals surface area contributed by atoms with Gasteiger partial charge in [0, 0.05) is 26.2 Å². The Morgan fingerprint density at radius 3 is 2.63 bits per heavy atom. The quantitative estimate of drug-likeness (QED) is 0.872. The molecule has 0 bridgehead atoms. The van der Waals surface area contributed by atoms with Crippen LogP contribution in [-0.4, -0.2) is 48.7 Å². The average molecular weight is 270 g/mol. The summed E-state index contributed by atoms with van der Waals surface area (Å²) in [5.74, 6) is -3.13. The van der Waals surface area contributed by atoms with Crippen LogP contribution in [0.1, 0.15) is 17.2 Å². The molecule has 1 fully saturated rings. The second-order valence-electron chi connectivity index (χ2n) is 5.02. The van der Waals surface area contributed by atoms with Gasteiger partial charge in [0.2, 0.25) is 0 Å². The van der Waals surface area contributed by atoms with E-state index in [1.54, 1.807) is 23.1 Å². The molecule has 0 aromatic heterocycles. The Labute approximate surface area is 112 Å². The summed E-state index contributed by atoms with van der Waals surface area (Å²) in [7, 11) is 0. The maximum atomic E-state index is 14.1. The summed E-state index contributed by atoms with van der Waals surface area (Å²) in [5.41, 5.74) is 1.52. The first-order chi connectivity index (χ1) is 9.04. The van der Waals surface area contributed by atoms with Gasteiger partial charge in [-0.15, -0.1) is 0 Å². The van der Waals surface area contributed by atoms with E-state index >= 15 is 0 Å². The smallest absolute Gasteiger partial charge is 0.289 e. The largest absolute Gasteiger partial charge is 0.390 e. The highest BCUT2D eigenvalue weighted by molar-refractivity contribution is 5.27. The first-order valence-electron chi connectivity index (χ1n) is 6.54. The first kappa shape index (κ1) is 14.4. The highest BCUT2D eigenvalue weighted by Gasteiger charge is 2.43. The molecule has 1 aromatic carbocycles. The van der Waals surface area contributed by atoms with Crippen LogP contribution in [0.15, 0.2) is 24.3 Å². The van der Waals surface area contributed by atoms with Crippen molar-refractivity contribution in [1.29, 1.82) is 0 Å². The van der Waals surface area contributed by atoms with Crippen molar-refractivity contribution in [2.45, 2.75) is 18.9 Å². The molecular weight excluding hydrogens is 250 g/mol. The Morgan fingerprint density at radius 1 is 1.37 bits per heavy atom. The second-order valence-corrected chi connectivity index (χ2v) is 5.02. The molecule has 3 nitrogen and oxygen atoms in total. The SMILES string of the molecule is Cc1cccc([C@H](N2CCNCC2)C(F)(F)CO)c1. The van der Waals surface area contributed by atoms with Gasteiger partial charge in [-0.2, -0.15) is 0 Å². The molecule has 5 heteroatoms. The zero-order valence-corrected chi connectivity index (χ0v) is 11.1. The third kappa shape index (κ3) is 3.29. The molecule has 1 aromatic rings. The summed E-state index contributed by atoms with van der Waals surface area (Å²) < 4.78 is 28.2. The van der Waals surface area contributed by atoms with E-state index in [2.05, 4.69) is 5.32 Å². The molecule has 19 heavy (non-hydrogen) atoms. The summed E-state index contributed by atoms with van der Waals surface area (Å²) in [6.07, 6.45) is 0. The lowest BCUT2D eigenvalue weighted by molar-refractivity contribution is -0.118. The molecule has 1 heterocycles. The Hall–Kier alpha value is -1.04. The van der Waals surface area contributed by atoms with Crippen molar-refractivity contribution in [2.75, 3.05) is 32.8 Å². The number of aliphatic hydroxyl groups is 1. The maximum Gasteiger partial charge on any atom is 0.289 e. The third-order valence-electron chi connectivity index (χ3n) is 3.49. The monoisotopic (exact) mass is 270 g/mol. The minimum Gasteiger partial charge on any atom is -0.390 e. The van der Waals surface area contributed by atoms with Gasteiger partial charge >= 0.3 is 0 Å². The van der Waals surface area contributed by atoms with Gasteiger partial charge < -0.3 is 10.4 Å². The van der Waals surface area contributed by atoms with Crippen molar-refractivity contribution in [3.8, 4) is 0 Å². The minimum atomic E-state index is -3.13. The summed E-state index contributed by atoms with van der Waals surface area (Å²) >= 11 is 0. The molecule has 1 atom stereocenters. The number of rotatable bonds is 4. The number of benzene rings is 1. The highest BCUT2D eigenvalue weighted by Crippen LogP contribution is 2.36. The number of aryl methyl sites for hydroxylation is 1. The normalized spacial score (nSPS) is 19.4. The van der Waals surface area contributed by atoms with E-state index < -0.39 is 18.6 Å². The number of hydrogen-bond acceptors (Lipinski definition) is 3.